The minimum atomic E-state index is -2.05. The molecule has 3 nitrogen and oxygen atoms in total. The summed E-state index contributed by atoms with van der Waals surface area (Å²) in [6.07, 6.45) is 2.14. The summed E-state index contributed by atoms with van der Waals surface area (Å²) in [5, 5.41) is 0.0709. The number of hydrogen-bond donors (Lipinski definition) is 0. The van der Waals surface area contributed by atoms with Gasteiger partial charge in [0.05, 0.1) is 12.5 Å². The summed E-state index contributed by atoms with van der Waals surface area (Å²) in [7, 11) is -2.05. The third-order valence-corrected chi connectivity index (χ3v) is 13.7. The van der Waals surface area contributed by atoms with Gasteiger partial charge >= 0.3 is 0 Å². The molecular formula is C36H39BrO3Si. The van der Waals surface area contributed by atoms with Crippen molar-refractivity contribution < 1.29 is 14.0 Å². The Morgan fingerprint density at radius 3 is 2.20 bits per heavy atom. The van der Waals surface area contributed by atoms with Gasteiger partial charge in [-0.1, -0.05) is 97.4 Å². The molecule has 4 aromatic rings. The lowest BCUT2D eigenvalue weighted by Gasteiger charge is -2.36. The molecule has 0 radical (unpaired) electrons. The summed E-state index contributed by atoms with van der Waals surface area (Å²) in [5.74, 6) is 0.422. The van der Waals surface area contributed by atoms with E-state index >= 15 is 0 Å². The first-order valence-electron chi connectivity index (χ1n) is 14.4. The number of aryl methyl sites for hydroxylation is 2. The van der Waals surface area contributed by atoms with E-state index in [0.29, 0.717) is 13.2 Å². The second-order valence-electron chi connectivity index (χ2n) is 12.5. The standard InChI is InChI=1S/C36H39BrO3Si/c1-36(2,3)41(4,5)40-24-30-22-32(39-23-25-9-7-6-8-10-25)19-20-33(30)34(27-15-17-31(37)18-16-27)35(38)29-14-12-26-11-13-28(26)21-29/h6-10,12,14-22,34H,11,13,23-24H2,1-5H3. The second kappa shape index (κ2) is 12.1. The Morgan fingerprint density at radius 2 is 1.56 bits per heavy atom. The Kier molecular flexibility index (Phi) is 8.70. The Morgan fingerprint density at radius 1 is 0.854 bits per heavy atom. The predicted molar refractivity (Wildman–Crippen MR) is 173 cm³/mol. The molecule has 4 aromatic carbocycles. The number of halogens is 1. The second-order valence-corrected chi connectivity index (χ2v) is 18.2. The number of carbonyl (C=O) groups is 1. The molecule has 0 fully saturated rings. The molecule has 5 heteroatoms. The highest BCUT2D eigenvalue weighted by Crippen LogP contribution is 2.39. The zero-order chi connectivity index (χ0) is 29.2. The van der Waals surface area contributed by atoms with E-state index in [1.165, 1.54) is 11.1 Å². The van der Waals surface area contributed by atoms with Crippen LogP contribution in [0.25, 0.3) is 0 Å². The molecule has 212 valence electrons. The van der Waals surface area contributed by atoms with Crippen LogP contribution in [0.1, 0.15) is 70.4 Å². The smallest absolute Gasteiger partial charge is 0.192 e. The van der Waals surface area contributed by atoms with Crippen LogP contribution in [0.15, 0.2) is 95.5 Å². The van der Waals surface area contributed by atoms with Crippen LogP contribution in [0.4, 0.5) is 0 Å². The minimum Gasteiger partial charge on any atom is -0.489 e. The third kappa shape index (κ3) is 6.74. The van der Waals surface area contributed by atoms with E-state index in [-0.39, 0.29) is 10.8 Å². The molecule has 0 amide bonds. The molecule has 0 aromatic heterocycles. The number of ketones is 1. The van der Waals surface area contributed by atoms with Crippen LogP contribution in [-0.4, -0.2) is 14.1 Å². The van der Waals surface area contributed by atoms with E-state index in [4.69, 9.17) is 9.16 Å². The van der Waals surface area contributed by atoms with Crippen LogP contribution in [0.5, 0.6) is 5.75 Å². The van der Waals surface area contributed by atoms with Gasteiger partial charge in [-0.05, 0) is 94.7 Å². The predicted octanol–water partition coefficient (Wildman–Crippen LogP) is 9.66. The molecule has 1 unspecified atom stereocenters. The SMILES string of the molecule is CC(C)(C)[Si](C)(C)OCc1cc(OCc2ccccc2)ccc1C(C(=O)c1ccc2c(c1)CC2)c1ccc(Br)cc1. The summed E-state index contributed by atoms with van der Waals surface area (Å²) in [5.41, 5.74) is 7.43. The van der Waals surface area contributed by atoms with Crippen molar-refractivity contribution in [2.45, 2.75) is 70.9 Å². The number of Topliss-reactive ketones (excluding diaryl/α,β-unsaturated/α-hetero) is 1. The molecule has 0 heterocycles. The fraction of sp³-hybridized carbons (Fsp3) is 0.306. The van der Waals surface area contributed by atoms with Crippen molar-refractivity contribution in [1.29, 1.82) is 0 Å². The van der Waals surface area contributed by atoms with Crippen molar-refractivity contribution in [2.24, 2.45) is 0 Å². The topological polar surface area (TPSA) is 35.5 Å². The van der Waals surface area contributed by atoms with Crippen molar-refractivity contribution in [2.75, 3.05) is 0 Å². The molecule has 1 atom stereocenters. The van der Waals surface area contributed by atoms with E-state index in [1.807, 2.05) is 54.6 Å². The van der Waals surface area contributed by atoms with Gasteiger partial charge in [-0.3, -0.25) is 4.79 Å². The Balaban J connectivity index is 1.55. The summed E-state index contributed by atoms with van der Waals surface area (Å²) >= 11 is 3.57. The molecule has 0 saturated carbocycles. The third-order valence-electron chi connectivity index (χ3n) is 8.69. The van der Waals surface area contributed by atoms with Crippen LogP contribution < -0.4 is 4.74 Å². The number of benzene rings is 4. The number of ether oxygens (including phenoxy) is 1. The minimum absolute atomic E-state index is 0.0709. The highest BCUT2D eigenvalue weighted by molar-refractivity contribution is 9.10. The highest BCUT2D eigenvalue weighted by Gasteiger charge is 2.37. The largest absolute Gasteiger partial charge is 0.489 e. The van der Waals surface area contributed by atoms with Crippen molar-refractivity contribution in [3.8, 4) is 5.75 Å². The highest BCUT2D eigenvalue weighted by atomic mass is 79.9. The van der Waals surface area contributed by atoms with Gasteiger partial charge in [0.15, 0.2) is 14.1 Å². The van der Waals surface area contributed by atoms with E-state index < -0.39 is 14.2 Å². The maximum atomic E-state index is 14.4. The molecule has 0 N–H and O–H groups in total. The first-order valence-corrected chi connectivity index (χ1v) is 18.1. The van der Waals surface area contributed by atoms with Crippen LogP contribution in [0, 0.1) is 0 Å². The number of hydrogen-bond acceptors (Lipinski definition) is 3. The van der Waals surface area contributed by atoms with E-state index in [1.54, 1.807) is 0 Å². The first kappa shape index (κ1) is 29.5. The molecular weight excluding hydrogens is 588 g/mol. The van der Waals surface area contributed by atoms with Gasteiger partial charge in [0.25, 0.3) is 0 Å². The number of rotatable bonds is 10. The average molecular weight is 628 g/mol. The van der Waals surface area contributed by atoms with Gasteiger partial charge in [-0.15, -0.1) is 0 Å². The van der Waals surface area contributed by atoms with E-state index in [0.717, 1.165) is 50.9 Å². The van der Waals surface area contributed by atoms with Crippen molar-refractivity contribution >= 4 is 30.0 Å². The van der Waals surface area contributed by atoms with Gasteiger partial charge < -0.3 is 9.16 Å². The molecule has 1 aliphatic carbocycles. The molecule has 1 aliphatic rings. The quantitative estimate of drug-likeness (QED) is 0.130. The Labute approximate surface area is 254 Å². The summed E-state index contributed by atoms with van der Waals surface area (Å²) in [6.45, 7) is 12.2. The maximum Gasteiger partial charge on any atom is 0.192 e. The molecule has 41 heavy (non-hydrogen) atoms. The molecule has 0 spiro atoms. The normalized spacial score (nSPS) is 13.7. The van der Waals surface area contributed by atoms with Crippen LogP contribution in [0.2, 0.25) is 18.1 Å². The Hall–Kier alpha value is -2.99. The van der Waals surface area contributed by atoms with Crippen LogP contribution in [0.3, 0.4) is 0 Å². The monoisotopic (exact) mass is 626 g/mol. The van der Waals surface area contributed by atoms with Gasteiger partial charge in [0, 0.05) is 10.0 Å². The van der Waals surface area contributed by atoms with Gasteiger partial charge in [-0.25, -0.2) is 0 Å². The van der Waals surface area contributed by atoms with E-state index in [9.17, 15) is 4.79 Å². The lowest BCUT2D eigenvalue weighted by atomic mass is 9.80. The summed E-state index contributed by atoms with van der Waals surface area (Å²) in [6, 6.07) is 30.6. The lowest BCUT2D eigenvalue weighted by molar-refractivity contribution is 0.0973. The first-order chi connectivity index (χ1) is 19.5. The molecule has 0 saturated heterocycles. The number of carbonyl (C=O) groups excluding carboxylic acids is 1. The fourth-order valence-corrected chi connectivity index (χ4v) is 6.15. The zero-order valence-electron chi connectivity index (χ0n) is 24.7. The van der Waals surface area contributed by atoms with Gasteiger partial charge in [-0.2, -0.15) is 0 Å². The maximum absolute atomic E-state index is 14.4. The Bertz CT molecular complexity index is 1520. The lowest BCUT2D eigenvalue weighted by Crippen LogP contribution is -2.40. The average Bonchev–Trinajstić information content (AvgIpc) is 2.93. The molecule has 5 rings (SSSR count). The zero-order valence-corrected chi connectivity index (χ0v) is 27.3. The summed E-state index contributed by atoms with van der Waals surface area (Å²) < 4.78 is 14.0. The van der Waals surface area contributed by atoms with E-state index in [2.05, 4.69) is 86.2 Å². The molecule has 0 bridgehead atoms. The number of fused-ring (bicyclic) bond motifs is 1. The van der Waals surface area contributed by atoms with Gasteiger partial charge in [0.1, 0.15) is 12.4 Å². The summed E-state index contributed by atoms with van der Waals surface area (Å²) in [4.78, 5) is 14.4. The van der Waals surface area contributed by atoms with Crippen molar-refractivity contribution in [1.82, 2.24) is 0 Å². The van der Waals surface area contributed by atoms with Gasteiger partial charge in [0.2, 0.25) is 0 Å². The van der Waals surface area contributed by atoms with Crippen molar-refractivity contribution in [3.63, 3.8) is 0 Å². The van der Waals surface area contributed by atoms with Crippen LogP contribution in [-0.2, 0) is 30.5 Å². The van der Waals surface area contributed by atoms with Crippen LogP contribution >= 0.6 is 15.9 Å². The molecule has 0 aliphatic heterocycles. The van der Waals surface area contributed by atoms with Crippen molar-refractivity contribution in [3.05, 3.63) is 134 Å². The fourth-order valence-electron chi connectivity index (χ4n) is 4.94.